The summed E-state index contributed by atoms with van der Waals surface area (Å²) < 4.78 is 11.3. The number of thioether (sulfide) groups is 1. The summed E-state index contributed by atoms with van der Waals surface area (Å²) in [6.45, 7) is 2.73. The molecule has 2 fully saturated rings. The van der Waals surface area contributed by atoms with Crippen LogP contribution in [0.5, 0.6) is 0 Å². The zero-order chi connectivity index (χ0) is 14.3. The SMILES string of the molecule is Cc1noc2ncnc(N[C@@H]3CCO[C@@]4(CCSC4)C3)c12. The van der Waals surface area contributed by atoms with E-state index in [0.29, 0.717) is 11.8 Å². The standard InChI is InChI=1S/C14H18N4O2S/c1-9-11-12(15-8-16-13(11)20-18-9)17-10-2-4-19-14(6-10)3-5-21-7-14/h8,10H,2-7H2,1H3,(H,15,16,17)/t10-,14+/m1/s1. The Morgan fingerprint density at radius 1 is 1.43 bits per heavy atom. The highest BCUT2D eigenvalue weighted by molar-refractivity contribution is 7.99. The van der Waals surface area contributed by atoms with Crippen molar-refractivity contribution in [1.29, 1.82) is 0 Å². The highest BCUT2D eigenvalue weighted by atomic mass is 32.2. The number of hydrogen-bond donors (Lipinski definition) is 1. The Bertz CT molecular complexity index is 653. The Morgan fingerprint density at radius 2 is 2.38 bits per heavy atom. The first-order valence-corrected chi connectivity index (χ1v) is 8.46. The third-order valence-corrected chi connectivity index (χ3v) is 5.57. The number of fused-ring (bicyclic) bond motifs is 1. The molecule has 2 aromatic rings. The van der Waals surface area contributed by atoms with Gasteiger partial charge in [-0.25, -0.2) is 4.98 Å². The average molecular weight is 306 g/mol. The average Bonchev–Trinajstić information content (AvgIpc) is 3.08. The summed E-state index contributed by atoms with van der Waals surface area (Å²) >= 11 is 1.99. The second-order valence-corrected chi connectivity index (χ2v) is 6.94. The van der Waals surface area contributed by atoms with Crippen molar-refractivity contribution in [2.45, 2.75) is 37.8 Å². The molecule has 0 saturated carbocycles. The molecule has 7 heteroatoms. The molecule has 0 bridgehead atoms. The smallest absolute Gasteiger partial charge is 0.263 e. The minimum atomic E-state index is 0.0659. The molecule has 1 N–H and O–H groups in total. The predicted molar refractivity (Wildman–Crippen MR) is 81.6 cm³/mol. The molecule has 2 saturated heterocycles. The van der Waals surface area contributed by atoms with Crippen molar-refractivity contribution in [3.05, 3.63) is 12.0 Å². The van der Waals surface area contributed by atoms with Crippen molar-refractivity contribution in [1.82, 2.24) is 15.1 Å². The summed E-state index contributed by atoms with van der Waals surface area (Å²) in [6.07, 6.45) is 4.72. The van der Waals surface area contributed by atoms with Crippen LogP contribution in [-0.4, -0.2) is 44.9 Å². The van der Waals surface area contributed by atoms with Crippen molar-refractivity contribution >= 4 is 28.7 Å². The fourth-order valence-electron chi connectivity index (χ4n) is 3.24. The Labute approximate surface area is 127 Å². The third kappa shape index (κ3) is 2.38. The van der Waals surface area contributed by atoms with Crippen LogP contribution in [0.4, 0.5) is 5.82 Å². The lowest BCUT2D eigenvalue weighted by molar-refractivity contribution is -0.0628. The minimum Gasteiger partial charge on any atom is -0.374 e. The second kappa shape index (κ2) is 5.14. The van der Waals surface area contributed by atoms with E-state index in [9.17, 15) is 0 Å². The number of aryl methyl sites for hydroxylation is 1. The fraction of sp³-hybridized carbons (Fsp3) is 0.643. The molecular formula is C14H18N4O2S. The highest BCUT2D eigenvalue weighted by Crippen LogP contribution is 2.39. The second-order valence-electron chi connectivity index (χ2n) is 5.84. The van der Waals surface area contributed by atoms with Gasteiger partial charge in [-0.15, -0.1) is 0 Å². The lowest BCUT2D eigenvalue weighted by Gasteiger charge is -2.38. The Morgan fingerprint density at radius 3 is 3.24 bits per heavy atom. The van der Waals surface area contributed by atoms with Crippen LogP contribution in [-0.2, 0) is 4.74 Å². The molecule has 2 aliphatic rings. The third-order valence-electron chi connectivity index (χ3n) is 4.34. The van der Waals surface area contributed by atoms with Gasteiger partial charge < -0.3 is 14.6 Å². The van der Waals surface area contributed by atoms with Crippen LogP contribution >= 0.6 is 11.8 Å². The quantitative estimate of drug-likeness (QED) is 0.913. The van der Waals surface area contributed by atoms with Gasteiger partial charge in [0.05, 0.1) is 11.3 Å². The number of anilines is 1. The van der Waals surface area contributed by atoms with Crippen molar-refractivity contribution in [2.24, 2.45) is 0 Å². The predicted octanol–water partition coefficient (Wildman–Crippen LogP) is 2.39. The van der Waals surface area contributed by atoms with Crippen LogP contribution < -0.4 is 5.32 Å². The zero-order valence-corrected chi connectivity index (χ0v) is 12.8. The van der Waals surface area contributed by atoms with Crippen LogP contribution in [0.1, 0.15) is 25.0 Å². The molecule has 2 atom stereocenters. The van der Waals surface area contributed by atoms with E-state index >= 15 is 0 Å². The topological polar surface area (TPSA) is 73.1 Å². The first-order chi connectivity index (χ1) is 10.3. The molecule has 6 nitrogen and oxygen atoms in total. The number of rotatable bonds is 2. The summed E-state index contributed by atoms with van der Waals surface area (Å²) in [6, 6.07) is 0.379. The minimum absolute atomic E-state index is 0.0659. The number of hydrogen-bond acceptors (Lipinski definition) is 7. The molecule has 0 aromatic carbocycles. The first-order valence-electron chi connectivity index (χ1n) is 7.31. The molecule has 1 spiro atoms. The van der Waals surface area contributed by atoms with Gasteiger partial charge in [-0.1, -0.05) is 5.16 Å². The van der Waals surface area contributed by atoms with Gasteiger partial charge in [0, 0.05) is 18.4 Å². The van der Waals surface area contributed by atoms with E-state index in [0.717, 1.165) is 48.5 Å². The van der Waals surface area contributed by atoms with Gasteiger partial charge in [0.25, 0.3) is 5.71 Å². The maximum absolute atomic E-state index is 6.07. The molecule has 0 unspecified atom stereocenters. The van der Waals surface area contributed by atoms with Gasteiger partial charge in [-0.2, -0.15) is 16.7 Å². The van der Waals surface area contributed by atoms with Crippen molar-refractivity contribution in [3.63, 3.8) is 0 Å². The Balaban J connectivity index is 1.58. The maximum atomic E-state index is 6.07. The molecule has 0 amide bonds. The fourth-order valence-corrected chi connectivity index (χ4v) is 4.62. The lowest BCUT2D eigenvalue weighted by atomic mass is 9.90. The van der Waals surface area contributed by atoms with E-state index < -0.39 is 0 Å². The molecule has 21 heavy (non-hydrogen) atoms. The molecule has 0 radical (unpaired) electrons. The lowest BCUT2D eigenvalue weighted by Crippen LogP contribution is -2.44. The van der Waals surface area contributed by atoms with E-state index in [4.69, 9.17) is 9.26 Å². The summed E-state index contributed by atoms with van der Waals surface area (Å²) in [4.78, 5) is 8.50. The number of nitrogens with one attached hydrogen (secondary N) is 1. The first kappa shape index (κ1) is 13.3. The van der Waals surface area contributed by atoms with Gasteiger partial charge >= 0.3 is 0 Å². The van der Waals surface area contributed by atoms with Crippen LogP contribution in [0.2, 0.25) is 0 Å². The summed E-state index contributed by atoms with van der Waals surface area (Å²) in [7, 11) is 0. The van der Waals surface area contributed by atoms with Crippen LogP contribution in [0.25, 0.3) is 11.1 Å². The number of nitrogens with zero attached hydrogens (tertiary/aromatic N) is 3. The molecular weight excluding hydrogens is 288 g/mol. The zero-order valence-electron chi connectivity index (χ0n) is 12.0. The van der Waals surface area contributed by atoms with Crippen molar-refractivity contribution in [2.75, 3.05) is 23.4 Å². The van der Waals surface area contributed by atoms with Gasteiger partial charge in [-0.05, 0) is 31.9 Å². The summed E-state index contributed by atoms with van der Waals surface area (Å²) in [5.41, 5.74) is 1.44. The van der Waals surface area contributed by atoms with Crippen molar-refractivity contribution < 1.29 is 9.26 Å². The normalized spacial score (nSPS) is 29.3. The van der Waals surface area contributed by atoms with Gasteiger partial charge in [0.15, 0.2) is 0 Å². The van der Waals surface area contributed by atoms with E-state index in [1.807, 2.05) is 18.7 Å². The van der Waals surface area contributed by atoms with E-state index in [1.54, 1.807) is 0 Å². The number of ether oxygens (including phenoxy) is 1. The molecule has 4 rings (SSSR count). The Kier molecular flexibility index (Phi) is 3.26. The van der Waals surface area contributed by atoms with E-state index in [1.165, 1.54) is 12.1 Å². The van der Waals surface area contributed by atoms with Crippen molar-refractivity contribution in [3.8, 4) is 0 Å². The Hall–Kier alpha value is -1.34. The largest absolute Gasteiger partial charge is 0.374 e. The molecule has 112 valence electrons. The van der Waals surface area contributed by atoms with Gasteiger partial charge in [-0.3, -0.25) is 0 Å². The number of aromatic nitrogens is 3. The summed E-state index contributed by atoms with van der Waals surface area (Å²) in [5, 5.41) is 8.42. The monoisotopic (exact) mass is 306 g/mol. The summed E-state index contributed by atoms with van der Waals surface area (Å²) in [5.74, 6) is 3.14. The molecule has 2 aliphatic heterocycles. The maximum Gasteiger partial charge on any atom is 0.263 e. The molecule has 2 aromatic heterocycles. The highest BCUT2D eigenvalue weighted by Gasteiger charge is 2.40. The van der Waals surface area contributed by atoms with Crippen LogP contribution in [0, 0.1) is 6.92 Å². The van der Waals surface area contributed by atoms with Gasteiger partial charge in [0.2, 0.25) is 0 Å². The molecule has 0 aliphatic carbocycles. The van der Waals surface area contributed by atoms with Crippen LogP contribution in [0.15, 0.2) is 10.9 Å². The van der Waals surface area contributed by atoms with Gasteiger partial charge in [0.1, 0.15) is 17.5 Å². The molecule has 4 heterocycles. The van der Waals surface area contributed by atoms with Crippen LogP contribution in [0.3, 0.4) is 0 Å². The van der Waals surface area contributed by atoms with E-state index in [-0.39, 0.29) is 5.60 Å². The van der Waals surface area contributed by atoms with E-state index in [2.05, 4.69) is 20.4 Å².